The van der Waals surface area contributed by atoms with E-state index in [-0.39, 0.29) is 16.7 Å². The maximum absolute atomic E-state index is 13.3. The van der Waals surface area contributed by atoms with Crippen LogP contribution in [0.3, 0.4) is 0 Å². The number of carbonyl (C=O) groups excluding carboxylic acids is 2. The number of aliphatic hydroxyl groups excluding tert-OH is 1. The number of aliphatic hydroxyl groups is 1. The molecule has 39 heavy (non-hydrogen) atoms. The standard InChI is InChI=1S/C32H30N2O4S/c1-20-6-5-7-21(18-20)19-38-25-14-10-23(11-15-25)28(35)26-27(22-8-12-24(13-9-22)32(2,3)4)34(30(37)29(26)36)31-33-16-17-39-31/h5-18,27,35H,19H2,1-4H3/b28-26+/t27-/m1/s1. The Labute approximate surface area is 232 Å². The Morgan fingerprint density at radius 1 is 1.03 bits per heavy atom. The van der Waals surface area contributed by atoms with Crippen LogP contribution in [0, 0.1) is 6.92 Å². The van der Waals surface area contributed by atoms with Gasteiger partial charge in [-0.1, -0.05) is 74.9 Å². The molecule has 7 heteroatoms. The van der Waals surface area contributed by atoms with Crippen molar-refractivity contribution in [2.75, 3.05) is 4.90 Å². The van der Waals surface area contributed by atoms with E-state index in [0.717, 1.165) is 22.3 Å². The first-order valence-corrected chi connectivity index (χ1v) is 13.6. The minimum atomic E-state index is -0.803. The van der Waals surface area contributed by atoms with Crippen LogP contribution < -0.4 is 9.64 Å². The molecule has 0 radical (unpaired) electrons. The smallest absolute Gasteiger partial charge is 0.301 e. The summed E-state index contributed by atoms with van der Waals surface area (Å²) in [6.07, 6.45) is 1.59. The number of rotatable bonds is 6. The van der Waals surface area contributed by atoms with E-state index in [2.05, 4.69) is 31.8 Å². The molecule has 6 nitrogen and oxygen atoms in total. The molecule has 0 bridgehead atoms. The van der Waals surface area contributed by atoms with Crippen molar-refractivity contribution >= 4 is 33.9 Å². The van der Waals surface area contributed by atoms with Gasteiger partial charge in [0.2, 0.25) is 0 Å². The Kier molecular flexibility index (Phi) is 7.10. The largest absolute Gasteiger partial charge is 0.507 e. The van der Waals surface area contributed by atoms with Crippen LogP contribution in [0.15, 0.2) is 89.9 Å². The molecule has 3 aromatic carbocycles. The number of hydrogen-bond acceptors (Lipinski definition) is 6. The number of nitrogens with zero attached hydrogens (tertiary/aromatic N) is 2. The third-order valence-corrected chi connectivity index (χ3v) is 7.55. The van der Waals surface area contributed by atoms with Gasteiger partial charge in [0.05, 0.1) is 11.6 Å². The van der Waals surface area contributed by atoms with Gasteiger partial charge < -0.3 is 9.84 Å². The topological polar surface area (TPSA) is 79.7 Å². The zero-order chi connectivity index (χ0) is 27.7. The Balaban J connectivity index is 1.50. The number of carbonyl (C=O) groups is 2. The van der Waals surface area contributed by atoms with E-state index in [1.165, 1.54) is 16.2 Å². The van der Waals surface area contributed by atoms with Gasteiger partial charge in [-0.15, -0.1) is 11.3 Å². The number of amides is 1. The summed E-state index contributed by atoms with van der Waals surface area (Å²) in [4.78, 5) is 32.2. The average Bonchev–Trinajstić information content (AvgIpc) is 3.53. The maximum atomic E-state index is 13.3. The highest BCUT2D eigenvalue weighted by molar-refractivity contribution is 7.14. The first-order chi connectivity index (χ1) is 18.6. The summed E-state index contributed by atoms with van der Waals surface area (Å²) in [5.41, 5.74) is 4.46. The fourth-order valence-electron chi connectivity index (χ4n) is 4.68. The van der Waals surface area contributed by atoms with Gasteiger partial charge in [-0.2, -0.15) is 0 Å². The predicted molar refractivity (Wildman–Crippen MR) is 154 cm³/mol. The number of aryl methyl sites for hydroxylation is 1. The fourth-order valence-corrected chi connectivity index (χ4v) is 5.35. The summed E-state index contributed by atoms with van der Waals surface area (Å²) in [6, 6.07) is 22.0. The SMILES string of the molecule is Cc1cccc(COc2ccc(/C(O)=C3\C(=O)C(=O)N(c4nccs4)[C@@H]3c3ccc(C(C)(C)C)cc3)cc2)c1. The molecular formula is C32H30N2O4S. The number of Topliss-reactive ketones (excluding diaryl/α,β-unsaturated/α-hetero) is 1. The van der Waals surface area contributed by atoms with Crippen LogP contribution in [0.25, 0.3) is 5.76 Å². The zero-order valence-corrected chi connectivity index (χ0v) is 23.2. The highest BCUT2D eigenvalue weighted by Crippen LogP contribution is 2.43. The second-order valence-electron chi connectivity index (χ2n) is 10.7. The van der Waals surface area contributed by atoms with E-state index in [0.29, 0.717) is 23.1 Å². The quantitative estimate of drug-likeness (QED) is 0.163. The van der Waals surface area contributed by atoms with Crippen LogP contribution >= 0.6 is 11.3 Å². The molecule has 1 N–H and O–H groups in total. The second-order valence-corrected chi connectivity index (χ2v) is 11.5. The Morgan fingerprint density at radius 2 is 1.74 bits per heavy atom. The molecular weight excluding hydrogens is 508 g/mol. The molecule has 198 valence electrons. The number of anilines is 1. The highest BCUT2D eigenvalue weighted by atomic mass is 32.1. The van der Waals surface area contributed by atoms with Crippen molar-refractivity contribution in [1.29, 1.82) is 0 Å². The summed E-state index contributed by atoms with van der Waals surface area (Å²) >= 11 is 1.27. The highest BCUT2D eigenvalue weighted by Gasteiger charge is 2.48. The molecule has 1 aliphatic rings. The minimum absolute atomic E-state index is 0.0344. The second kappa shape index (κ2) is 10.5. The molecule has 0 aliphatic carbocycles. The molecule has 0 spiro atoms. The summed E-state index contributed by atoms with van der Waals surface area (Å²) in [6.45, 7) is 8.82. The summed E-state index contributed by atoms with van der Waals surface area (Å²) in [5, 5.41) is 13.5. The lowest BCUT2D eigenvalue weighted by Gasteiger charge is -2.24. The van der Waals surface area contributed by atoms with Crippen LogP contribution in [-0.4, -0.2) is 21.8 Å². The van der Waals surface area contributed by atoms with Crippen molar-refractivity contribution < 1.29 is 19.4 Å². The normalized spacial score (nSPS) is 17.0. The van der Waals surface area contributed by atoms with E-state index in [1.54, 1.807) is 35.8 Å². The van der Waals surface area contributed by atoms with E-state index < -0.39 is 17.7 Å². The van der Waals surface area contributed by atoms with Crippen molar-refractivity contribution in [1.82, 2.24) is 4.98 Å². The van der Waals surface area contributed by atoms with Gasteiger partial charge in [0.15, 0.2) is 5.13 Å². The molecule has 1 aromatic heterocycles. The van der Waals surface area contributed by atoms with E-state index in [1.807, 2.05) is 49.4 Å². The zero-order valence-electron chi connectivity index (χ0n) is 22.3. The third kappa shape index (κ3) is 5.36. The van der Waals surface area contributed by atoms with Crippen LogP contribution in [0.2, 0.25) is 0 Å². The van der Waals surface area contributed by atoms with Gasteiger partial charge in [0.1, 0.15) is 18.1 Å². The predicted octanol–water partition coefficient (Wildman–Crippen LogP) is 6.95. The Morgan fingerprint density at radius 3 is 2.36 bits per heavy atom. The van der Waals surface area contributed by atoms with Crippen LogP contribution in [0.1, 0.15) is 54.6 Å². The molecule has 1 amide bonds. The molecule has 4 aromatic rings. The van der Waals surface area contributed by atoms with Gasteiger partial charge in [-0.05, 0) is 53.3 Å². The van der Waals surface area contributed by atoms with Crippen LogP contribution in [-0.2, 0) is 21.6 Å². The number of benzene rings is 3. The molecule has 1 atom stereocenters. The van der Waals surface area contributed by atoms with Crippen LogP contribution in [0.4, 0.5) is 5.13 Å². The number of thiazole rings is 1. The lowest BCUT2D eigenvalue weighted by atomic mass is 9.85. The maximum Gasteiger partial charge on any atom is 0.301 e. The summed E-state index contributed by atoms with van der Waals surface area (Å²) in [5.74, 6) is -1.06. The van der Waals surface area contributed by atoms with Crippen molar-refractivity contribution in [3.05, 3.63) is 118 Å². The molecule has 1 saturated heterocycles. The number of hydrogen-bond donors (Lipinski definition) is 1. The molecule has 0 saturated carbocycles. The minimum Gasteiger partial charge on any atom is -0.507 e. The third-order valence-electron chi connectivity index (χ3n) is 6.78. The van der Waals surface area contributed by atoms with Gasteiger partial charge in [0, 0.05) is 17.1 Å². The van der Waals surface area contributed by atoms with Crippen LogP contribution in [0.5, 0.6) is 5.75 Å². The van der Waals surface area contributed by atoms with Crippen molar-refractivity contribution in [2.24, 2.45) is 0 Å². The number of aromatic nitrogens is 1. The lowest BCUT2D eigenvalue weighted by Crippen LogP contribution is -2.29. The van der Waals surface area contributed by atoms with Gasteiger partial charge in [-0.25, -0.2) is 4.98 Å². The first-order valence-electron chi connectivity index (χ1n) is 12.7. The van der Waals surface area contributed by atoms with Gasteiger partial charge >= 0.3 is 5.91 Å². The molecule has 5 rings (SSSR count). The molecule has 0 unspecified atom stereocenters. The van der Waals surface area contributed by atoms with E-state index >= 15 is 0 Å². The van der Waals surface area contributed by atoms with Crippen molar-refractivity contribution in [3.8, 4) is 5.75 Å². The lowest BCUT2D eigenvalue weighted by molar-refractivity contribution is -0.132. The summed E-state index contributed by atoms with van der Waals surface area (Å²) < 4.78 is 5.91. The first kappa shape index (κ1) is 26.4. The Hall–Kier alpha value is -4.23. The van der Waals surface area contributed by atoms with E-state index in [9.17, 15) is 14.7 Å². The Bertz CT molecular complexity index is 1530. The van der Waals surface area contributed by atoms with Crippen molar-refractivity contribution in [2.45, 2.75) is 45.8 Å². The van der Waals surface area contributed by atoms with Gasteiger partial charge in [0.25, 0.3) is 5.78 Å². The number of ether oxygens (including phenoxy) is 1. The molecule has 2 heterocycles. The summed E-state index contributed by atoms with van der Waals surface area (Å²) in [7, 11) is 0. The monoisotopic (exact) mass is 538 g/mol. The fraction of sp³-hybridized carbons (Fsp3) is 0.219. The number of ketones is 1. The molecule has 1 aliphatic heterocycles. The average molecular weight is 539 g/mol. The molecule has 1 fully saturated rings. The van der Waals surface area contributed by atoms with Crippen molar-refractivity contribution in [3.63, 3.8) is 0 Å². The van der Waals surface area contributed by atoms with Gasteiger partial charge in [-0.3, -0.25) is 14.5 Å². The van der Waals surface area contributed by atoms with E-state index in [4.69, 9.17) is 4.74 Å².